The van der Waals surface area contributed by atoms with Gasteiger partial charge in [0.15, 0.2) is 0 Å². The van der Waals surface area contributed by atoms with Gasteiger partial charge < -0.3 is 5.32 Å². The van der Waals surface area contributed by atoms with E-state index in [-0.39, 0.29) is 11.2 Å². The van der Waals surface area contributed by atoms with Crippen molar-refractivity contribution in [3.8, 4) is 0 Å². The molecule has 0 fully saturated rings. The van der Waals surface area contributed by atoms with Crippen LogP contribution in [0.4, 0.5) is 4.39 Å². The first-order chi connectivity index (χ1) is 8.56. The first-order valence-corrected chi connectivity index (χ1v) is 7.09. The van der Waals surface area contributed by atoms with Gasteiger partial charge in [0.2, 0.25) is 0 Å². The third-order valence-electron chi connectivity index (χ3n) is 3.83. The molecule has 1 rings (SSSR count). The van der Waals surface area contributed by atoms with Gasteiger partial charge in [0.25, 0.3) is 0 Å². The van der Waals surface area contributed by atoms with Gasteiger partial charge in [-0.15, -0.1) is 0 Å². The number of halogens is 2. The summed E-state index contributed by atoms with van der Waals surface area (Å²) in [4.78, 5) is 0. The molecule has 1 aromatic carbocycles. The molecule has 102 valence electrons. The SMILES string of the molecule is CCNCC(CC)(CC)Cc1ccc(F)cc1Cl. The molecule has 0 bridgehead atoms. The Hall–Kier alpha value is -0.600. The number of hydrogen-bond acceptors (Lipinski definition) is 1. The van der Waals surface area contributed by atoms with Gasteiger partial charge in [0.1, 0.15) is 5.82 Å². The average molecular weight is 272 g/mol. The highest BCUT2D eigenvalue weighted by atomic mass is 35.5. The van der Waals surface area contributed by atoms with Crippen molar-refractivity contribution in [3.63, 3.8) is 0 Å². The summed E-state index contributed by atoms with van der Waals surface area (Å²) in [6, 6.07) is 4.70. The van der Waals surface area contributed by atoms with Crippen LogP contribution in [-0.4, -0.2) is 13.1 Å². The van der Waals surface area contributed by atoms with E-state index in [4.69, 9.17) is 11.6 Å². The Balaban J connectivity index is 2.88. The number of rotatable bonds is 7. The molecule has 3 heteroatoms. The maximum atomic E-state index is 13.1. The predicted octanol–water partition coefficient (Wildman–Crippen LogP) is 4.44. The van der Waals surface area contributed by atoms with Crippen LogP contribution in [0, 0.1) is 11.2 Å². The van der Waals surface area contributed by atoms with Crippen LogP contribution in [0.5, 0.6) is 0 Å². The predicted molar refractivity (Wildman–Crippen MR) is 76.7 cm³/mol. The maximum Gasteiger partial charge on any atom is 0.124 e. The van der Waals surface area contributed by atoms with E-state index in [1.54, 1.807) is 0 Å². The highest BCUT2D eigenvalue weighted by Gasteiger charge is 2.26. The molecule has 0 radical (unpaired) electrons. The van der Waals surface area contributed by atoms with Crippen molar-refractivity contribution in [3.05, 3.63) is 34.6 Å². The highest BCUT2D eigenvalue weighted by Crippen LogP contribution is 2.33. The zero-order chi connectivity index (χ0) is 13.6. The van der Waals surface area contributed by atoms with Gasteiger partial charge in [-0.3, -0.25) is 0 Å². The van der Waals surface area contributed by atoms with Crippen LogP contribution >= 0.6 is 11.6 Å². The molecule has 1 nitrogen and oxygen atoms in total. The van der Waals surface area contributed by atoms with Crippen molar-refractivity contribution in [1.29, 1.82) is 0 Å². The van der Waals surface area contributed by atoms with E-state index in [1.165, 1.54) is 12.1 Å². The third-order valence-corrected chi connectivity index (χ3v) is 4.18. The second-order valence-corrected chi connectivity index (χ2v) is 5.31. The fraction of sp³-hybridized carbons (Fsp3) is 0.600. The quantitative estimate of drug-likeness (QED) is 0.773. The first kappa shape index (κ1) is 15.5. The fourth-order valence-electron chi connectivity index (χ4n) is 2.27. The zero-order valence-electron chi connectivity index (χ0n) is 11.5. The molecule has 1 N–H and O–H groups in total. The summed E-state index contributed by atoms with van der Waals surface area (Å²) in [6.07, 6.45) is 3.07. The van der Waals surface area contributed by atoms with Crippen LogP contribution < -0.4 is 5.32 Å². The molecule has 0 saturated carbocycles. The molecule has 0 heterocycles. The zero-order valence-corrected chi connectivity index (χ0v) is 12.3. The fourth-order valence-corrected chi connectivity index (χ4v) is 2.51. The van der Waals surface area contributed by atoms with Crippen LogP contribution in [0.15, 0.2) is 18.2 Å². The molecular weight excluding hydrogens is 249 g/mol. The summed E-state index contributed by atoms with van der Waals surface area (Å²) in [5.74, 6) is -0.269. The summed E-state index contributed by atoms with van der Waals surface area (Å²) >= 11 is 6.12. The summed E-state index contributed by atoms with van der Waals surface area (Å²) < 4.78 is 13.1. The Morgan fingerprint density at radius 1 is 1.22 bits per heavy atom. The normalized spacial score (nSPS) is 11.8. The Kier molecular flexibility index (Phi) is 6.10. The van der Waals surface area contributed by atoms with Gasteiger partial charge in [-0.2, -0.15) is 0 Å². The van der Waals surface area contributed by atoms with E-state index in [0.29, 0.717) is 5.02 Å². The monoisotopic (exact) mass is 271 g/mol. The van der Waals surface area contributed by atoms with Gasteiger partial charge in [0.05, 0.1) is 0 Å². The van der Waals surface area contributed by atoms with E-state index < -0.39 is 0 Å². The molecule has 0 aromatic heterocycles. The molecule has 0 aliphatic carbocycles. The lowest BCUT2D eigenvalue weighted by Crippen LogP contribution is -2.35. The summed E-state index contributed by atoms with van der Waals surface area (Å²) in [5, 5.41) is 3.96. The minimum Gasteiger partial charge on any atom is -0.316 e. The van der Waals surface area contributed by atoms with Crippen molar-refractivity contribution < 1.29 is 4.39 Å². The molecule has 18 heavy (non-hydrogen) atoms. The van der Waals surface area contributed by atoms with Crippen LogP contribution in [0.2, 0.25) is 5.02 Å². The number of nitrogens with one attached hydrogen (secondary N) is 1. The van der Waals surface area contributed by atoms with Crippen molar-refractivity contribution in [2.45, 2.75) is 40.0 Å². The van der Waals surface area contributed by atoms with E-state index in [1.807, 2.05) is 6.07 Å². The molecule has 0 unspecified atom stereocenters. The van der Waals surface area contributed by atoms with Gasteiger partial charge >= 0.3 is 0 Å². The van der Waals surface area contributed by atoms with E-state index >= 15 is 0 Å². The van der Waals surface area contributed by atoms with Crippen molar-refractivity contribution in [2.24, 2.45) is 5.41 Å². The molecular formula is C15H23ClFN. The molecule has 0 aliphatic rings. The molecule has 1 aromatic rings. The second kappa shape index (κ2) is 7.10. The minimum absolute atomic E-state index is 0.206. The van der Waals surface area contributed by atoms with Gasteiger partial charge in [-0.25, -0.2) is 4.39 Å². The Bertz CT molecular complexity index is 375. The van der Waals surface area contributed by atoms with Crippen molar-refractivity contribution in [2.75, 3.05) is 13.1 Å². The van der Waals surface area contributed by atoms with Crippen LogP contribution in [0.25, 0.3) is 0 Å². The van der Waals surface area contributed by atoms with Gasteiger partial charge in [-0.1, -0.05) is 38.4 Å². The standard InChI is InChI=1S/C15H23ClFN/c1-4-15(5-2,11-18-6-3)10-12-7-8-13(17)9-14(12)16/h7-9,18H,4-6,10-11H2,1-3H3. The van der Waals surface area contributed by atoms with Crippen molar-refractivity contribution in [1.82, 2.24) is 5.32 Å². The minimum atomic E-state index is -0.269. The smallest absolute Gasteiger partial charge is 0.124 e. The average Bonchev–Trinajstić information content (AvgIpc) is 2.37. The second-order valence-electron chi connectivity index (χ2n) is 4.90. The van der Waals surface area contributed by atoms with Crippen LogP contribution in [0.3, 0.4) is 0 Å². The Morgan fingerprint density at radius 2 is 1.89 bits per heavy atom. The summed E-state index contributed by atoms with van der Waals surface area (Å²) in [5.41, 5.74) is 1.25. The van der Waals surface area contributed by atoms with E-state index in [2.05, 4.69) is 26.1 Å². The van der Waals surface area contributed by atoms with Crippen LogP contribution in [0.1, 0.15) is 39.2 Å². The Morgan fingerprint density at radius 3 is 2.39 bits per heavy atom. The lowest BCUT2D eigenvalue weighted by atomic mass is 9.77. The number of benzene rings is 1. The highest BCUT2D eigenvalue weighted by molar-refractivity contribution is 6.31. The lowest BCUT2D eigenvalue weighted by Gasteiger charge is -2.32. The van der Waals surface area contributed by atoms with Gasteiger partial charge in [0, 0.05) is 11.6 Å². The van der Waals surface area contributed by atoms with Crippen LogP contribution in [-0.2, 0) is 6.42 Å². The largest absolute Gasteiger partial charge is 0.316 e. The first-order valence-electron chi connectivity index (χ1n) is 6.71. The molecule has 0 atom stereocenters. The maximum absolute atomic E-state index is 13.1. The van der Waals surface area contributed by atoms with Gasteiger partial charge in [-0.05, 0) is 48.9 Å². The molecule has 0 spiro atoms. The summed E-state index contributed by atoms with van der Waals surface area (Å²) in [6.45, 7) is 8.47. The van der Waals surface area contributed by atoms with Crippen molar-refractivity contribution >= 4 is 11.6 Å². The third kappa shape index (κ3) is 3.96. The summed E-state index contributed by atoms with van der Waals surface area (Å²) in [7, 11) is 0. The Labute approximate surface area is 115 Å². The molecule has 0 aliphatic heterocycles. The van der Waals surface area contributed by atoms with E-state index in [0.717, 1.165) is 37.9 Å². The topological polar surface area (TPSA) is 12.0 Å². The molecule has 0 amide bonds. The lowest BCUT2D eigenvalue weighted by molar-refractivity contribution is 0.248. The molecule has 0 saturated heterocycles. The van der Waals surface area contributed by atoms with E-state index in [9.17, 15) is 4.39 Å². The number of hydrogen-bond donors (Lipinski definition) is 1.